The predicted octanol–water partition coefficient (Wildman–Crippen LogP) is 4.72. The molecule has 2 aromatic heterocycles. The number of amides is 1. The Bertz CT molecular complexity index is 1220. The van der Waals surface area contributed by atoms with Gasteiger partial charge in [0.2, 0.25) is 5.78 Å². The quantitative estimate of drug-likeness (QED) is 0.486. The fraction of sp³-hybridized carbons (Fsp3) is 0.280. The number of ketones is 1. The standard InChI is InChI=1S/C25H25N3O4S/c1-4-11-32-19-9-5-8-18(12-19)21-20(22(29)24-15(2)27-16(3)33-24)23(30)25(31)28(21)14-17-7-6-10-26-13-17/h5-10,12-13,21,30H,4,11,14H2,1-3H3. The fourth-order valence-electron chi connectivity index (χ4n) is 3.94. The third kappa shape index (κ3) is 4.52. The Morgan fingerprint density at radius 3 is 2.73 bits per heavy atom. The van der Waals surface area contributed by atoms with E-state index in [1.165, 1.54) is 16.2 Å². The molecule has 1 aliphatic heterocycles. The van der Waals surface area contributed by atoms with Crippen molar-refractivity contribution in [1.82, 2.24) is 14.9 Å². The molecule has 0 saturated heterocycles. The summed E-state index contributed by atoms with van der Waals surface area (Å²) in [4.78, 5) is 37.2. The van der Waals surface area contributed by atoms with Crippen LogP contribution >= 0.6 is 11.3 Å². The van der Waals surface area contributed by atoms with Crippen molar-refractivity contribution < 1.29 is 19.4 Å². The first-order valence-corrected chi connectivity index (χ1v) is 11.6. The molecule has 33 heavy (non-hydrogen) atoms. The number of pyridine rings is 1. The Labute approximate surface area is 196 Å². The zero-order chi connectivity index (χ0) is 23.5. The Kier molecular flexibility index (Phi) is 6.55. The molecule has 0 bridgehead atoms. The van der Waals surface area contributed by atoms with Crippen LogP contribution in [0, 0.1) is 13.8 Å². The molecule has 0 aliphatic carbocycles. The lowest BCUT2D eigenvalue weighted by atomic mass is 9.94. The predicted molar refractivity (Wildman–Crippen MR) is 125 cm³/mol. The zero-order valence-corrected chi connectivity index (χ0v) is 19.6. The van der Waals surface area contributed by atoms with Crippen LogP contribution in [-0.2, 0) is 11.3 Å². The minimum atomic E-state index is -0.766. The van der Waals surface area contributed by atoms with E-state index in [0.29, 0.717) is 28.5 Å². The third-order valence-electron chi connectivity index (χ3n) is 5.38. The van der Waals surface area contributed by atoms with Gasteiger partial charge in [-0.25, -0.2) is 4.98 Å². The number of aromatic nitrogens is 2. The van der Waals surface area contributed by atoms with E-state index in [1.54, 1.807) is 25.4 Å². The van der Waals surface area contributed by atoms with Crippen LogP contribution in [0.5, 0.6) is 5.75 Å². The number of carbonyl (C=O) groups is 2. The van der Waals surface area contributed by atoms with E-state index in [0.717, 1.165) is 17.0 Å². The van der Waals surface area contributed by atoms with Gasteiger partial charge in [-0.05, 0) is 49.6 Å². The van der Waals surface area contributed by atoms with Crippen LogP contribution in [0.25, 0.3) is 0 Å². The van der Waals surface area contributed by atoms with Crippen molar-refractivity contribution in [2.75, 3.05) is 6.61 Å². The molecule has 1 unspecified atom stereocenters. The van der Waals surface area contributed by atoms with E-state index in [2.05, 4.69) is 9.97 Å². The lowest BCUT2D eigenvalue weighted by Gasteiger charge is -2.27. The molecule has 4 rings (SSSR count). The molecular weight excluding hydrogens is 438 g/mol. The SMILES string of the molecule is CCCOc1cccc(C2C(C(=O)c3sc(C)nc3C)=C(O)C(=O)N2Cc2cccnc2)c1. The van der Waals surface area contributed by atoms with Crippen LogP contribution in [0.1, 0.15) is 50.9 Å². The van der Waals surface area contributed by atoms with Crippen LogP contribution in [0.3, 0.4) is 0 Å². The Hall–Kier alpha value is -3.52. The highest BCUT2D eigenvalue weighted by molar-refractivity contribution is 7.14. The highest BCUT2D eigenvalue weighted by Crippen LogP contribution is 2.41. The lowest BCUT2D eigenvalue weighted by Crippen LogP contribution is -2.30. The van der Waals surface area contributed by atoms with Crippen molar-refractivity contribution in [3.8, 4) is 5.75 Å². The maximum atomic E-state index is 13.6. The molecule has 1 aromatic carbocycles. The van der Waals surface area contributed by atoms with E-state index >= 15 is 0 Å². The van der Waals surface area contributed by atoms with Gasteiger partial charge in [0.05, 0.1) is 33.8 Å². The average molecular weight is 464 g/mol. The number of aliphatic hydroxyl groups excluding tert-OH is 1. The van der Waals surface area contributed by atoms with Gasteiger partial charge in [0.15, 0.2) is 5.76 Å². The molecule has 0 spiro atoms. The molecule has 1 amide bonds. The van der Waals surface area contributed by atoms with Gasteiger partial charge in [-0.1, -0.05) is 25.1 Å². The minimum Gasteiger partial charge on any atom is -0.503 e. The monoisotopic (exact) mass is 463 g/mol. The highest BCUT2D eigenvalue weighted by atomic mass is 32.1. The first-order chi connectivity index (χ1) is 15.9. The summed E-state index contributed by atoms with van der Waals surface area (Å²) in [7, 11) is 0. The number of Topliss-reactive ketones (excluding diaryl/α,β-unsaturated/α-hetero) is 1. The Balaban J connectivity index is 1.80. The molecule has 1 N–H and O–H groups in total. The lowest BCUT2D eigenvalue weighted by molar-refractivity contribution is -0.130. The van der Waals surface area contributed by atoms with Gasteiger partial charge in [0.25, 0.3) is 5.91 Å². The number of ether oxygens (including phenoxy) is 1. The summed E-state index contributed by atoms with van der Waals surface area (Å²) in [6, 6.07) is 10.2. The van der Waals surface area contributed by atoms with Crippen molar-refractivity contribution >= 4 is 23.0 Å². The topological polar surface area (TPSA) is 92.6 Å². The van der Waals surface area contributed by atoms with Crippen molar-refractivity contribution in [1.29, 1.82) is 0 Å². The number of benzene rings is 1. The summed E-state index contributed by atoms with van der Waals surface area (Å²) >= 11 is 1.26. The van der Waals surface area contributed by atoms with Crippen LogP contribution < -0.4 is 4.74 Å². The summed E-state index contributed by atoms with van der Waals surface area (Å²) < 4.78 is 5.78. The van der Waals surface area contributed by atoms with E-state index in [4.69, 9.17) is 4.74 Å². The van der Waals surface area contributed by atoms with Crippen LogP contribution in [0.15, 0.2) is 60.1 Å². The first-order valence-electron chi connectivity index (χ1n) is 10.7. The van der Waals surface area contributed by atoms with Crippen LogP contribution in [0.4, 0.5) is 0 Å². The van der Waals surface area contributed by atoms with Gasteiger partial charge >= 0.3 is 0 Å². The zero-order valence-electron chi connectivity index (χ0n) is 18.7. The highest BCUT2D eigenvalue weighted by Gasteiger charge is 2.44. The van der Waals surface area contributed by atoms with Gasteiger partial charge in [-0.3, -0.25) is 14.6 Å². The van der Waals surface area contributed by atoms with Crippen molar-refractivity contribution in [3.05, 3.63) is 86.8 Å². The molecule has 1 atom stereocenters. The molecule has 0 radical (unpaired) electrons. The van der Waals surface area contributed by atoms with E-state index in [9.17, 15) is 14.7 Å². The van der Waals surface area contributed by atoms with E-state index in [1.807, 2.05) is 44.2 Å². The number of rotatable bonds is 8. The van der Waals surface area contributed by atoms with Gasteiger partial charge in [0.1, 0.15) is 5.75 Å². The van der Waals surface area contributed by atoms with Gasteiger partial charge in [-0.15, -0.1) is 11.3 Å². The average Bonchev–Trinajstić information content (AvgIpc) is 3.28. The first kappa shape index (κ1) is 22.7. The maximum absolute atomic E-state index is 13.6. The second kappa shape index (κ2) is 9.54. The van der Waals surface area contributed by atoms with Crippen LogP contribution in [0.2, 0.25) is 0 Å². The van der Waals surface area contributed by atoms with Crippen molar-refractivity contribution in [2.24, 2.45) is 0 Å². The largest absolute Gasteiger partial charge is 0.503 e. The summed E-state index contributed by atoms with van der Waals surface area (Å²) in [5.74, 6) is -0.862. The number of nitrogens with zero attached hydrogens (tertiary/aromatic N) is 3. The summed E-state index contributed by atoms with van der Waals surface area (Å²) in [5, 5.41) is 11.6. The molecule has 0 saturated carbocycles. The third-order valence-corrected chi connectivity index (χ3v) is 6.45. The molecule has 3 heterocycles. The Morgan fingerprint density at radius 2 is 2.06 bits per heavy atom. The summed E-state index contributed by atoms with van der Waals surface area (Å²) in [6.07, 6.45) is 4.17. The molecule has 3 aromatic rings. The normalized spacial score (nSPS) is 15.9. The number of hydrogen-bond donors (Lipinski definition) is 1. The second-order valence-corrected chi connectivity index (χ2v) is 9.06. The second-order valence-electron chi connectivity index (χ2n) is 7.86. The number of hydrogen-bond acceptors (Lipinski definition) is 7. The molecule has 170 valence electrons. The maximum Gasteiger partial charge on any atom is 0.290 e. The molecule has 1 aliphatic rings. The van der Waals surface area contributed by atoms with Crippen LogP contribution in [-0.4, -0.2) is 38.3 Å². The number of thiazole rings is 1. The number of aliphatic hydroxyl groups is 1. The van der Waals surface area contributed by atoms with Gasteiger partial charge in [-0.2, -0.15) is 0 Å². The smallest absolute Gasteiger partial charge is 0.290 e. The van der Waals surface area contributed by atoms with E-state index < -0.39 is 17.7 Å². The fourth-order valence-corrected chi connectivity index (χ4v) is 4.82. The molecule has 7 nitrogen and oxygen atoms in total. The van der Waals surface area contributed by atoms with Gasteiger partial charge < -0.3 is 14.7 Å². The summed E-state index contributed by atoms with van der Waals surface area (Å²) in [6.45, 7) is 6.35. The molecular formula is C25H25N3O4S. The Morgan fingerprint density at radius 1 is 1.24 bits per heavy atom. The molecule has 8 heteroatoms. The minimum absolute atomic E-state index is 0.0586. The summed E-state index contributed by atoms with van der Waals surface area (Å²) in [5.41, 5.74) is 2.12. The molecule has 0 fully saturated rings. The van der Waals surface area contributed by atoms with Crippen molar-refractivity contribution in [2.45, 2.75) is 39.8 Å². The van der Waals surface area contributed by atoms with Crippen molar-refractivity contribution in [3.63, 3.8) is 0 Å². The number of aryl methyl sites for hydroxylation is 2. The van der Waals surface area contributed by atoms with Gasteiger partial charge in [0, 0.05) is 18.9 Å². The van der Waals surface area contributed by atoms with E-state index in [-0.39, 0.29) is 17.9 Å². The number of carbonyl (C=O) groups excluding carboxylic acids is 2.